The zero-order valence-corrected chi connectivity index (χ0v) is 14.0. The highest BCUT2D eigenvalue weighted by Gasteiger charge is 2.13. The average molecular weight is 345 g/mol. The summed E-state index contributed by atoms with van der Waals surface area (Å²) in [6.07, 6.45) is 0. The number of halogens is 1. The van der Waals surface area contributed by atoms with Crippen molar-refractivity contribution in [3.63, 3.8) is 0 Å². The highest BCUT2D eigenvalue weighted by atomic mass is 32.1. The number of thiocarbonyl (C=S) groups is 1. The first kappa shape index (κ1) is 17.6. The average Bonchev–Trinajstić information content (AvgIpc) is 2.53. The van der Waals surface area contributed by atoms with Crippen LogP contribution in [-0.4, -0.2) is 16.9 Å². The molecule has 24 heavy (non-hydrogen) atoms. The molecule has 7 heteroatoms. The summed E-state index contributed by atoms with van der Waals surface area (Å²) in [6.45, 7) is 3.66. The smallest absolute Gasteiger partial charge is 0.269 e. The predicted octanol–water partition coefficient (Wildman–Crippen LogP) is 2.39. The Morgan fingerprint density at radius 1 is 0.917 bits per heavy atom. The number of amides is 2. The normalized spacial score (nSPS) is 9.96. The fraction of sp³-hybridized carbons (Fsp3) is 0.118. The highest BCUT2D eigenvalue weighted by Crippen LogP contribution is 2.12. The van der Waals surface area contributed by atoms with Crippen LogP contribution in [0.3, 0.4) is 0 Å². The summed E-state index contributed by atoms with van der Waals surface area (Å²) in [6, 6.07) is 10.5. The van der Waals surface area contributed by atoms with Crippen molar-refractivity contribution >= 4 is 29.1 Å². The summed E-state index contributed by atoms with van der Waals surface area (Å²) in [5.74, 6) is -1.30. The van der Waals surface area contributed by atoms with Crippen LogP contribution in [0.1, 0.15) is 31.8 Å². The van der Waals surface area contributed by atoms with E-state index < -0.39 is 11.7 Å². The molecule has 0 spiro atoms. The predicted molar refractivity (Wildman–Crippen MR) is 93.0 cm³/mol. The molecule has 5 nitrogen and oxygen atoms in total. The molecule has 0 bridgehead atoms. The van der Waals surface area contributed by atoms with E-state index in [9.17, 15) is 14.0 Å². The molecule has 0 saturated carbocycles. The maximum absolute atomic E-state index is 12.8. The van der Waals surface area contributed by atoms with E-state index in [1.165, 1.54) is 24.3 Å². The fourth-order valence-corrected chi connectivity index (χ4v) is 2.30. The van der Waals surface area contributed by atoms with Crippen molar-refractivity contribution in [2.45, 2.75) is 13.8 Å². The van der Waals surface area contributed by atoms with Crippen LogP contribution in [0.2, 0.25) is 0 Å². The van der Waals surface area contributed by atoms with Crippen molar-refractivity contribution in [1.82, 2.24) is 16.2 Å². The second kappa shape index (κ2) is 7.65. The zero-order chi connectivity index (χ0) is 17.7. The second-order valence-corrected chi connectivity index (χ2v) is 5.54. The number of hydrogen-bond acceptors (Lipinski definition) is 3. The number of nitrogens with one attached hydrogen (secondary N) is 3. The van der Waals surface area contributed by atoms with Gasteiger partial charge in [0.25, 0.3) is 11.8 Å². The molecule has 0 unspecified atom stereocenters. The van der Waals surface area contributed by atoms with E-state index in [1.807, 2.05) is 32.0 Å². The van der Waals surface area contributed by atoms with Crippen molar-refractivity contribution in [1.29, 1.82) is 0 Å². The van der Waals surface area contributed by atoms with E-state index in [4.69, 9.17) is 12.2 Å². The largest absolute Gasteiger partial charge is 0.298 e. The van der Waals surface area contributed by atoms with Crippen LogP contribution in [0.5, 0.6) is 0 Å². The molecule has 0 aliphatic carbocycles. The third kappa shape index (κ3) is 4.36. The number of hydrogen-bond donors (Lipinski definition) is 3. The molecule has 2 rings (SSSR count). The lowest BCUT2D eigenvalue weighted by molar-refractivity contribution is 0.0934. The fourth-order valence-electron chi connectivity index (χ4n) is 2.16. The molecule has 0 radical (unpaired) electrons. The first-order valence-corrected chi connectivity index (χ1v) is 7.52. The van der Waals surface area contributed by atoms with Gasteiger partial charge in [-0.25, -0.2) is 4.39 Å². The summed E-state index contributed by atoms with van der Waals surface area (Å²) in [4.78, 5) is 24.1. The van der Waals surface area contributed by atoms with Gasteiger partial charge >= 0.3 is 0 Å². The van der Waals surface area contributed by atoms with Gasteiger partial charge in [-0.15, -0.1) is 0 Å². The van der Waals surface area contributed by atoms with E-state index in [0.717, 1.165) is 11.1 Å². The Kier molecular flexibility index (Phi) is 5.59. The molecule has 0 fully saturated rings. The van der Waals surface area contributed by atoms with Gasteiger partial charge < -0.3 is 0 Å². The van der Waals surface area contributed by atoms with Crippen molar-refractivity contribution < 1.29 is 14.0 Å². The highest BCUT2D eigenvalue weighted by molar-refractivity contribution is 7.80. The topological polar surface area (TPSA) is 70.2 Å². The standard InChI is InChI=1S/C17H16FN3O2S/c1-10-4-3-5-11(2)14(10)16(23)19-17(24)21-20-15(22)12-6-8-13(18)9-7-12/h3-9H,1-2H3,(H,20,22)(H2,19,21,23,24). The number of carbonyl (C=O) groups excluding carboxylic acids is 2. The van der Waals surface area contributed by atoms with Crippen LogP contribution >= 0.6 is 12.2 Å². The van der Waals surface area contributed by atoms with Crippen LogP contribution in [-0.2, 0) is 0 Å². The van der Waals surface area contributed by atoms with Crippen LogP contribution in [0, 0.1) is 19.7 Å². The Morgan fingerprint density at radius 2 is 1.50 bits per heavy atom. The van der Waals surface area contributed by atoms with Gasteiger partial charge in [-0.1, -0.05) is 18.2 Å². The summed E-state index contributed by atoms with van der Waals surface area (Å²) in [7, 11) is 0. The number of hydrazine groups is 1. The molecule has 3 N–H and O–H groups in total. The Hall–Kier alpha value is -2.80. The SMILES string of the molecule is Cc1cccc(C)c1C(=O)NC(=S)NNC(=O)c1ccc(F)cc1. The third-order valence-electron chi connectivity index (χ3n) is 3.33. The molecule has 0 heterocycles. The van der Waals surface area contributed by atoms with Gasteiger partial charge in [-0.05, 0) is 61.5 Å². The monoisotopic (exact) mass is 345 g/mol. The quantitative estimate of drug-likeness (QED) is 0.577. The number of carbonyl (C=O) groups is 2. The Morgan fingerprint density at radius 3 is 2.08 bits per heavy atom. The second-order valence-electron chi connectivity index (χ2n) is 5.14. The minimum absolute atomic E-state index is 0.0434. The molecule has 0 atom stereocenters. The zero-order valence-electron chi connectivity index (χ0n) is 13.1. The van der Waals surface area contributed by atoms with Gasteiger partial charge in [0.15, 0.2) is 5.11 Å². The van der Waals surface area contributed by atoms with Gasteiger partial charge in [-0.2, -0.15) is 0 Å². The van der Waals surface area contributed by atoms with E-state index >= 15 is 0 Å². The molecule has 2 aromatic carbocycles. The maximum Gasteiger partial charge on any atom is 0.269 e. The first-order valence-electron chi connectivity index (χ1n) is 7.12. The van der Waals surface area contributed by atoms with Crippen LogP contribution in [0.4, 0.5) is 4.39 Å². The lowest BCUT2D eigenvalue weighted by Crippen LogP contribution is -2.48. The molecule has 0 saturated heterocycles. The van der Waals surface area contributed by atoms with E-state index in [2.05, 4.69) is 16.2 Å². The number of rotatable bonds is 2. The minimum atomic E-state index is -0.501. The summed E-state index contributed by atoms with van der Waals surface area (Å²) >= 11 is 4.99. The van der Waals surface area contributed by atoms with Crippen molar-refractivity contribution in [2.24, 2.45) is 0 Å². The molecule has 2 aromatic rings. The van der Waals surface area contributed by atoms with Gasteiger partial charge in [0.05, 0.1) is 0 Å². The lowest BCUT2D eigenvalue weighted by atomic mass is 10.0. The minimum Gasteiger partial charge on any atom is -0.298 e. The molecule has 2 amide bonds. The van der Waals surface area contributed by atoms with E-state index in [0.29, 0.717) is 5.56 Å². The number of aryl methyl sites for hydroxylation is 2. The molecule has 124 valence electrons. The van der Waals surface area contributed by atoms with Crippen molar-refractivity contribution in [2.75, 3.05) is 0 Å². The Labute approximate surface area is 144 Å². The van der Waals surface area contributed by atoms with Crippen molar-refractivity contribution in [3.8, 4) is 0 Å². The summed E-state index contributed by atoms with van der Waals surface area (Å²) in [5.41, 5.74) is 7.22. The van der Waals surface area contributed by atoms with Gasteiger partial charge in [-0.3, -0.25) is 25.8 Å². The van der Waals surface area contributed by atoms with E-state index in [-0.39, 0.29) is 16.6 Å². The molecule has 0 aromatic heterocycles. The molecule has 0 aliphatic heterocycles. The summed E-state index contributed by atoms with van der Waals surface area (Å²) in [5, 5.41) is 2.46. The Bertz CT molecular complexity index is 771. The lowest BCUT2D eigenvalue weighted by Gasteiger charge is -2.13. The third-order valence-corrected chi connectivity index (χ3v) is 3.54. The number of benzene rings is 2. The molecular formula is C17H16FN3O2S. The van der Waals surface area contributed by atoms with Crippen LogP contribution < -0.4 is 16.2 Å². The van der Waals surface area contributed by atoms with Gasteiger partial charge in [0, 0.05) is 11.1 Å². The molecular weight excluding hydrogens is 329 g/mol. The summed E-state index contributed by atoms with van der Waals surface area (Å²) < 4.78 is 12.8. The molecule has 0 aliphatic rings. The van der Waals surface area contributed by atoms with E-state index in [1.54, 1.807) is 0 Å². The van der Waals surface area contributed by atoms with Crippen LogP contribution in [0.25, 0.3) is 0 Å². The first-order chi connectivity index (χ1) is 11.4. The van der Waals surface area contributed by atoms with Gasteiger partial charge in [0.2, 0.25) is 0 Å². The van der Waals surface area contributed by atoms with Crippen LogP contribution in [0.15, 0.2) is 42.5 Å². The van der Waals surface area contributed by atoms with Gasteiger partial charge in [0.1, 0.15) is 5.82 Å². The maximum atomic E-state index is 12.8. The Balaban J connectivity index is 1.92. The van der Waals surface area contributed by atoms with Crippen molar-refractivity contribution in [3.05, 3.63) is 70.5 Å².